The summed E-state index contributed by atoms with van der Waals surface area (Å²) in [4.78, 5) is 11.3. The third-order valence-electron chi connectivity index (χ3n) is 5.80. The second kappa shape index (κ2) is 31.6. The zero-order valence-corrected chi connectivity index (χ0v) is 22.2. The molecular weight excluding hydrogens is 380 g/mol. The first kappa shape index (κ1) is 32.6. The van der Waals surface area contributed by atoms with Gasteiger partial charge in [0.15, 0.2) is 0 Å². The van der Waals surface area contributed by atoms with Crippen LogP contribution in [0.1, 0.15) is 156 Å². The third-order valence-corrected chi connectivity index (χ3v) is 5.80. The molecule has 0 saturated carbocycles. The average molecular weight is 441 g/mol. The SMILES string of the molecule is CCCCCCCCCCCCCCCCCC(=O)NCC.CCCCNCCCC. The van der Waals surface area contributed by atoms with Crippen LogP contribution in [0, 0.1) is 0 Å². The second-order valence-corrected chi connectivity index (χ2v) is 9.11. The molecule has 0 rings (SSSR count). The molecule has 3 nitrogen and oxygen atoms in total. The number of nitrogens with one attached hydrogen (secondary N) is 2. The number of carbonyl (C=O) groups is 1. The van der Waals surface area contributed by atoms with Crippen molar-refractivity contribution in [2.24, 2.45) is 0 Å². The van der Waals surface area contributed by atoms with Crippen molar-refractivity contribution in [3.8, 4) is 0 Å². The Bertz CT molecular complexity index is 314. The quantitative estimate of drug-likeness (QED) is 0.156. The Morgan fingerprint density at radius 1 is 0.484 bits per heavy atom. The maximum atomic E-state index is 11.3. The molecule has 0 heterocycles. The molecule has 0 bridgehead atoms. The van der Waals surface area contributed by atoms with Gasteiger partial charge >= 0.3 is 0 Å². The van der Waals surface area contributed by atoms with E-state index in [1.54, 1.807) is 0 Å². The molecule has 0 radical (unpaired) electrons. The van der Waals surface area contributed by atoms with Gasteiger partial charge < -0.3 is 10.6 Å². The monoisotopic (exact) mass is 440 g/mol. The van der Waals surface area contributed by atoms with Crippen molar-refractivity contribution >= 4 is 5.91 Å². The lowest BCUT2D eigenvalue weighted by Gasteiger charge is -2.04. The van der Waals surface area contributed by atoms with Crippen LogP contribution < -0.4 is 10.6 Å². The molecular formula is C28H60N2O. The van der Waals surface area contributed by atoms with Crippen LogP contribution in [0.4, 0.5) is 0 Å². The molecule has 0 atom stereocenters. The summed E-state index contributed by atoms with van der Waals surface area (Å²) in [5.41, 5.74) is 0. The van der Waals surface area contributed by atoms with Crippen LogP contribution in [0.25, 0.3) is 0 Å². The maximum absolute atomic E-state index is 11.3. The fraction of sp³-hybridized carbons (Fsp3) is 0.964. The average Bonchev–Trinajstić information content (AvgIpc) is 2.77. The number of amides is 1. The first-order valence-corrected chi connectivity index (χ1v) is 14.2. The highest BCUT2D eigenvalue weighted by molar-refractivity contribution is 5.75. The fourth-order valence-corrected chi connectivity index (χ4v) is 3.67. The molecule has 0 spiro atoms. The Morgan fingerprint density at radius 3 is 1.19 bits per heavy atom. The van der Waals surface area contributed by atoms with Gasteiger partial charge in [0.05, 0.1) is 0 Å². The molecule has 3 heteroatoms. The highest BCUT2D eigenvalue weighted by Gasteiger charge is 1.98. The Labute approximate surface area is 197 Å². The number of carbonyl (C=O) groups excluding carboxylic acids is 1. The van der Waals surface area contributed by atoms with Gasteiger partial charge in [0, 0.05) is 13.0 Å². The number of rotatable bonds is 23. The minimum absolute atomic E-state index is 0.220. The number of hydrogen-bond donors (Lipinski definition) is 2. The van der Waals surface area contributed by atoms with Crippen molar-refractivity contribution in [1.29, 1.82) is 0 Å². The predicted octanol–water partition coefficient (Wildman–Crippen LogP) is 8.56. The van der Waals surface area contributed by atoms with Gasteiger partial charge in [0.1, 0.15) is 0 Å². The van der Waals surface area contributed by atoms with Crippen molar-refractivity contribution < 1.29 is 4.79 Å². The van der Waals surface area contributed by atoms with Crippen LogP contribution >= 0.6 is 0 Å². The zero-order valence-electron chi connectivity index (χ0n) is 22.2. The summed E-state index contributed by atoms with van der Waals surface area (Å²) < 4.78 is 0. The molecule has 0 fully saturated rings. The number of hydrogen-bond acceptors (Lipinski definition) is 2. The summed E-state index contributed by atoms with van der Waals surface area (Å²) in [5.74, 6) is 0.220. The van der Waals surface area contributed by atoms with Crippen LogP contribution in [0.5, 0.6) is 0 Å². The minimum atomic E-state index is 0.220. The molecule has 1 amide bonds. The molecule has 188 valence electrons. The van der Waals surface area contributed by atoms with Crippen LogP contribution in [-0.2, 0) is 4.79 Å². The lowest BCUT2D eigenvalue weighted by atomic mass is 10.0. The maximum Gasteiger partial charge on any atom is 0.219 e. The molecule has 0 aliphatic rings. The van der Waals surface area contributed by atoms with Crippen molar-refractivity contribution in [3.63, 3.8) is 0 Å². The number of unbranched alkanes of at least 4 members (excludes halogenated alkanes) is 16. The van der Waals surface area contributed by atoms with Gasteiger partial charge in [-0.3, -0.25) is 4.79 Å². The molecule has 0 aliphatic carbocycles. The summed E-state index contributed by atoms with van der Waals surface area (Å²) in [6.07, 6.45) is 26.6. The summed E-state index contributed by atoms with van der Waals surface area (Å²) in [6, 6.07) is 0. The third kappa shape index (κ3) is 34.2. The van der Waals surface area contributed by atoms with Crippen LogP contribution in [0.3, 0.4) is 0 Å². The van der Waals surface area contributed by atoms with Crippen LogP contribution in [0.15, 0.2) is 0 Å². The molecule has 0 aliphatic heterocycles. The minimum Gasteiger partial charge on any atom is -0.356 e. The smallest absolute Gasteiger partial charge is 0.219 e. The van der Waals surface area contributed by atoms with E-state index in [1.807, 2.05) is 6.92 Å². The molecule has 0 unspecified atom stereocenters. The summed E-state index contributed by atoms with van der Waals surface area (Å²) in [6.45, 7) is 11.9. The largest absolute Gasteiger partial charge is 0.356 e. The predicted molar refractivity (Wildman–Crippen MR) is 141 cm³/mol. The van der Waals surface area contributed by atoms with E-state index < -0.39 is 0 Å². The summed E-state index contributed by atoms with van der Waals surface area (Å²) >= 11 is 0. The summed E-state index contributed by atoms with van der Waals surface area (Å²) in [7, 11) is 0. The normalized spacial score (nSPS) is 10.6. The molecule has 0 saturated heterocycles. The van der Waals surface area contributed by atoms with E-state index in [4.69, 9.17) is 0 Å². The highest BCUT2D eigenvalue weighted by Crippen LogP contribution is 2.13. The van der Waals surface area contributed by atoms with Crippen molar-refractivity contribution in [2.45, 2.75) is 156 Å². The lowest BCUT2D eigenvalue weighted by molar-refractivity contribution is -0.121. The van der Waals surface area contributed by atoms with E-state index in [9.17, 15) is 4.79 Å². The van der Waals surface area contributed by atoms with Gasteiger partial charge in [-0.2, -0.15) is 0 Å². The second-order valence-electron chi connectivity index (χ2n) is 9.11. The zero-order chi connectivity index (χ0) is 23.3. The Hall–Kier alpha value is -0.570. The van der Waals surface area contributed by atoms with E-state index in [2.05, 4.69) is 31.4 Å². The van der Waals surface area contributed by atoms with E-state index >= 15 is 0 Å². The molecule has 0 aromatic rings. The molecule has 0 aromatic carbocycles. The van der Waals surface area contributed by atoms with Crippen molar-refractivity contribution in [1.82, 2.24) is 10.6 Å². The van der Waals surface area contributed by atoms with E-state index in [-0.39, 0.29) is 5.91 Å². The Kier molecular flexibility index (Phi) is 33.3. The van der Waals surface area contributed by atoms with Gasteiger partial charge in [-0.15, -0.1) is 0 Å². The van der Waals surface area contributed by atoms with Crippen molar-refractivity contribution in [2.75, 3.05) is 19.6 Å². The van der Waals surface area contributed by atoms with E-state index in [0.717, 1.165) is 13.0 Å². The van der Waals surface area contributed by atoms with Crippen molar-refractivity contribution in [3.05, 3.63) is 0 Å². The van der Waals surface area contributed by atoms with E-state index in [0.29, 0.717) is 6.42 Å². The van der Waals surface area contributed by atoms with Gasteiger partial charge in [0.25, 0.3) is 0 Å². The van der Waals surface area contributed by atoms with Gasteiger partial charge in [0.2, 0.25) is 5.91 Å². The fourth-order valence-electron chi connectivity index (χ4n) is 3.67. The highest BCUT2D eigenvalue weighted by atomic mass is 16.1. The molecule has 0 aromatic heterocycles. The first-order chi connectivity index (χ1) is 15.2. The van der Waals surface area contributed by atoms with Gasteiger partial charge in [-0.1, -0.05) is 124 Å². The Balaban J connectivity index is 0. The van der Waals surface area contributed by atoms with Gasteiger partial charge in [-0.05, 0) is 39.3 Å². The summed E-state index contributed by atoms with van der Waals surface area (Å²) in [5, 5.41) is 6.24. The topological polar surface area (TPSA) is 41.1 Å². The standard InChI is InChI=1S/C20H41NO.C8H19N/c1-3-5-6-7-8-9-10-11-12-13-14-15-16-17-18-19-20(22)21-4-2;1-3-5-7-9-8-6-4-2/h3-19H2,1-2H3,(H,21,22);9H,3-8H2,1-2H3. The van der Waals surface area contributed by atoms with Crippen LogP contribution in [0.2, 0.25) is 0 Å². The molecule has 31 heavy (non-hydrogen) atoms. The molecule has 2 N–H and O–H groups in total. The first-order valence-electron chi connectivity index (χ1n) is 14.2. The Morgan fingerprint density at radius 2 is 0.839 bits per heavy atom. The van der Waals surface area contributed by atoms with E-state index in [1.165, 1.54) is 129 Å². The van der Waals surface area contributed by atoms with Crippen LogP contribution in [-0.4, -0.2) is 25.5 Å². The van der Waals surface area contributed by atoms with Gasteiger partial charge in [-0.25, -0.2) is 0 Å². The lowest BCUT2D eigenvalue weighted by Crippen LogP contribution is -2.21.